The maximum atomic E-state index is 4.25. The molecule has 1 aliphatic heterocycles. The molecule has 0 aliphatic carbocycles. The van der Waals surface area contributed by atoms with Crippen LogP contribution >= 0.6 is 0 Å². The van der Waals surface area contributed by atoms with Gasteiger partial charge in [-0.1, -0.05) is 6.92 Å². The SMILES string of the molecule is CCc1n[nH]c2c1CNCC2. The highest BCUT2D eigenvalue weighted by Gasteiger charge is 2.14. The highest BCUT2D eigenvalue weighted by atomic mass is 15.1. The Hall–Kier alpha value is -0.830. The quantitative estimate of drug-likeness (QED) is 0.617. The zero-order valence-corrected chi connectivity index (χ0v) is 6.78. The second-order valence-electron chi connectivity index (χ2n) is 2.91. The fourth-order valence-electron chi connectivity index (χ4n) is 1.58. The molecule has 0 atom stereocenters. The lowest BCUT2D eigenvalue weighted by molar-refractivity contribution is 0.634. The maximum Gasteiger partial charge on any atom is 0.0667 e. The van der Waals surface area contributed by atoms with E-state index in [2.05, 4.69) is 22.4 Å². The van der Waals surface area contributed by atoms with Crippen LogP contribution in [0.4, 0.5) is 0 Å². The first kappa shape index (κ1) is 6.85. The number of rotatable bonds is 1. The van der Waals surface area contributed by atoms with Crippen molar-refractivity contribution in [3.63, 3.8) is 0 Å². The summed E-state index contributed by atoms with van der Waals surface area (Å²) in [7, 11) is 0. The minimum Gasteiger partial charge on any atom is -0.312 e. The Morgan fingerprint density at radius 2 is 2.45 bits per heavy atom. The Bertz CT molecular complexity index is 238. The van der Waals surface area contributed by atoms with Gasteiger partial charge in [-0.05, 0) is 6.42 Å². The van der Waals surface area contributed by atoms with Crippen molar-refractivity contribution in [2.45, 2.75) is 26.3 Å². The monoisotopic (exact) mass is 151 g/mol. The summed E-state index contributed by atoms with van der Waals surface area (Å²) < 4.78 is 0. The topological polar surface area (TPSA) is 40.7 Å². The minimum absolute atomic E-state index is 0.995. The molecule has 2 rings (SSSR count). The Morgan fingerprint density at radius 1 is 1.55 bits per heavy atom. The van der Waals surface area contributed by atoms with Gasteiger partial charge in [0, 0.05) is 30.8 Å². The molecule has 0 amide bonds. The zero-order valence-electron chi connectivity index (χ0n) is 6.78. The fourth-order valence-corrected chi connectivity index (χ4v) is 1.58. The Kier molecular flexibility index (Phi) is 1.66. The third kappa shape index (κ3) is 1.05. The number of aryl methyl sites for hydroxylation is 1. The summed E-state index contributed by atoms with van der Waals surface area (Å²) in [6, 6.07) is 0. The summed E-state index contributed by atoms with van der Waals surface area (Å²) in [5.74, 6) is 0. The van der Waals surface area contributed by atoms with Crippen molar-refractivity contribution in [3.05, 3.63) is 17.0 Å². The molecule has 3 nitrogen and oxygen atoms in total. The van der Waals surface area contributed by atoms with E-state index >= 15 is 0 Å². The van der Waals surface area contributed by atoms with E-state index in [1.165, 1.54) is 17.0 Å². The van der Waals surface area contributed by atoms with Gasteiger partial charge in [0.1, 0.15) is 0 Å². The first-order valence-electron chi connectivity index (χ1n) is 4.17. The molecule has 0 unspecified atom stereocenters. The maximum absolute atomic E-state index is 4.25. The van der Waals surface area contributed by atoms with Crippen molar-refractivity contribution < 1.29 is 0 Å². The van der Waals surface area contributed by atoms with Crippen LogP contribution in [0.15, 0.2) is 0 Å². The molecular formula is C8H13N3. The van der Waals surface area contributed by atoms with Crippen LogP contribution in [-0.2, 0) is 19.4 Å². The molecule has 0 fully saturated rings. The van der Waals surface area contributed by atoms with E-state index in [0.717, 1.165) is 25.9 Å². The van der Waals surface area contributed by atoms with Gasteiger partial charge in [0.2, 0.25) is 0 Å². The van der Waals surface area contributed by atoms with Crippen LogP contribution in [0.5, 0.6) is 0 Å². The molecular weight excluding hydrogens is 138 g/mol. The molecule has 0 spiro atoms. The number of aromatic amines is 1. The van der Waals surface area contributed by atoms with Crippen molar-refractivity contribution in [2.24, 2.45) is 0 Å². The van der Waals surface area contributed by atoms with E-state index in [4.69, 9.17) is 0 Å². The molecule has 0 saturated heterocycles. The number of nitrogens with one attached hydrogen (secondary N) is 2. The first-order chi connectivity index (χ1) is 5.42. The van der Waals surface area contributed by atoms with Gasteiger partial charge < -0.3 is 5.32 Å². The van der Waals surface area contributed by atoms with Crippen LogP contribution in [0.1, 0.15) is 23.9 Å². The number of nitrogens with zero attached hydrogens (tertiary/aromatic N) is 1. The van der Waals surface area contributed by atoms with Gasteiger partial charge in [0.05, 0.1) is 5.69 Å². The number of hydrogen-bond acceptors (Lipinski definition) is 2. The Morgan fingerprint density at radius 3 is 3.27 bits per heavy atom. The summed E-state index contributed by atoms with van der Waals surface area (Å²) in [6.45, 7) is 4.22. The van der Waals surface area contributed by atoms with Crippen LogP contribution in [-0.4, -0.2) is 16.7 Å². The molecule has 3 heteroatoms. The molecule has 0 bridgehead atoms. The van der Waals surface area contributed by atoms with Crippen molar-refractivity contribution in [3.8, 4) is 0 Å². The lowest BCUT2D eigenvalue weighted by atomic mass is 10.1. The van der Waals surface area contributed by atoms with Gasteiger partial charge in [0.25, 0.3) is 0 Å². The summed E-state index contributed by atoms with van der Waals surface area (Å²) in [5, 5.41) is 10.7. The third-order valence-electron chi connectivity index (χ3n) is 2.23. The van der Waals surface area contributed by atoms with Crippen molar-refractivity contribution in [1.82, 2.24) is 15.5 Å². The van der Waals surface area contributed by atoms with E-state index < -0.39 is 0 Å². The van der Waals surface area contributed by atoms with E-state index in [1.807, 2.05) is 0 Å². The molecule has 11 heavy (non-hydrogen) atoms. The number of hydrogen-bond donors (Lipinski definition) is 2. The molecule has 1 aromatic rings. The van der Waals surface area contributed by atoms with Gasteiger partial charge in [-0.25, -0.2) is 0 Å². The standard InChI is InChI=1S/C8H13N3/c1-2-7-6-5-9-4-3-8(6)11-10-7/h9H,2-5H2,1H3,(H,10,11). The van der Waals surface area contributed by atoms with Crippen LogP contribution in [0.2, 0.25) is 0 Å². The van der Waals surface area contributed by atoms with Crippen LogP contribution < -0.4 is 5.32 Å². The minimum atomic E-state index is 0.995. The lowest BCUT2D eigenvalue weighted by Crippen LogP contribution is -2.23. The van der Waals surface area contributed by atoms with Gasteiger partial charge in [0.15, 0.2) is 0 Å². The number of H-pyrrole nitrogens is 1. The Balaban J connectivity index is 2.38. The third-order valence-corrected chi connectivity index (χ3v) is 2.23. The summed E-state index contributed by atoms with van der Waals surface area (Å²) in [6.07, 6.45) is 2.13. The smallest absolute Gasteiger partial charge is 0.0667 e. The molecule has 0 radical (unpaired) electrons. The van der Waals surface area contributed by atoms with Crippen molar-refractivity contribution >= 4 is 0 Å². The Labute approximate surface area is 66.2 Å². The molecule has 1 aromatic heterocycles. The van der Waals surface area contributed by atoms with Crippen LogP contribution in [0, 0.1) is 0 Å². The summed E-state index contributed by atoms with van der Waals surface area (Å²) in [5.41, 5.74) is 3.96. The highest BCUT2D eigenvalue weighted by Crippen LogP contribution is 2.14. The highest BCUT2D eigenvalue weighted by molar-refractivity contribution is 5.27. The van der Waals surface area contributed by atoms with Gasteiger partial charge in [-0.3, -0.25) is 5.10 Å². The molecule has 60 valence electrons. The largest absolute Gasteiger partial charge is 0.312 e. The van der Waals surface area contributed by atoms with E-state index in [0.29, 0.717) is 0 Å². The van der Waals surface area contributed by atoms with Gasteiger partial charge in [-0.2, -0.15) is 5.10 Å². The molecule has 2 heterocycles. The zero-order chi connectivity index (χ0) is 7.68. The molecule has 0 saturated carbocycles. The van der Waals surface area contributed by atoms with Crippen LogP contribution in [0.3, 0.4) is 0 Å². The van der Waals surface area contributed by atoms with Crippen molar-refractivity contribution in [1.29, 1.82) is 0 Å². The number of aromatic nitrogens is 2. The van der Waals surface area contributed by atoms with Crippen LogP contribution in [0.25, 0.3) is 0 Å². The lowest BCUT2D eigenvalue weighted by Gasteiger charge is -2.12. The normalized spacial score (nSPS) is 16.5. The second-order valence-corrected chi connectivity index (χ2v) is 2.91. The second kappa shape index (κ2) is 2.66. The molecule has 1 aliphatic rings. The fraction of sp³-hybridized carbons (Fsp3) is 0.625. The summed E-state index contributed by atoms with van der Waals surface area (Å²) in [4.78, 5) is 0. The van der Waals surface area contributed by atoms with E-state index in [-0.39, 0.29) is 0 Å². The van der Waals surface area contributed by atoms with E-state index in [1.54, 1.807) is 0 Å². The molecule has 0 aromatic carbocycles. The van der Waals surface area contributed by atoms with Gasteiger partial charge in [-0.15, -0.1) is 0 Å². The predicted molar refractivity (Wildman–Crippen MR) is 43.4 cm³/mol. The van der Waals surface area contributed by atoms with Crippen molar-refractivity contribution in [2.75, 3.05) is 6.54 Å². The predicted octanol–water partition coefficient (Wildman–Crippen LogP) is 0.618. The van der Waals surface area contributed by atoms with E-state index in [9.17, 15) is 0 Å². The van der Waals surface area contributed by atoms with Gasteiger partial charge >= 0.3 is 0 Å². The average Bonchev–Trinajstić information content (AvgIpc) is 2.47. The average molecular weight is 151 g/mol. The first-order valence-corrected chi connectivity index (χ1v) is 4.17. The molecule has 2 N–H and O–H groups in total. The summed E-state index contributed by atoms with van der Waals surface area (Å²) >= 11 is 0. The number of fused-ring (bicyclic) bond motifs is 1.